The number of nitrogens with zero attached hydrogens (tertiary/aromatic N) is 4. The predicted octanol–water partition coefficient (Wildman–Crippen LogP) is 2.18. The molecule has 1 aromatic heterocycles. The second-order valence-corrected chi connectivity index (χ2v) is 8.05. The van der Waals surface area contributed by atoms with Crippen LogP contribution in [0.25, 0.3) is 0 Å². The molecule has 6 nitrogen and oxygen atoms in total. The van der Waals surface area contributed by atoms with E-state index in [9.17, 15) is 9.59 Å². The number of piperidine rings is 1. The zero-order valence-corrected chi connectivity index (χ0v) is 15.2. The highest BCUT2D eigenvalue weighted by molar-refractivity contribution is 5.93. The third kappa shape index (κ3) is 2.45. The molecular weight excluding hydrogens is 316 g/mol. The van der Waals surface area contributed by atoms with Crippen LogP contribution in [-0.4, -0.2) is 56.3 Å². The molecule has 2 bridgehead atoms. The van der Waals surface area contributed by atoms with Crippen LogP contribution in [0.4, 0.5) is 0 Å². The molecule has 0 radical (unpaired) electrons. The molecule has 2 saturated heterocycles. The summed E-state index contributed by atoms with van der Waals surface area (Å²) in [5.41, 5.74) is 0.460. The third-order valence-electron chi connectivity index (χ3n) is 6.55. The first kappa shape index (κ1) is 16.5. The quantitative estimate of drug-likeness (QED) is 0.784. The molecule has 0 unspecified atom stereocenters. The highest BCUT2D eigenvalue weighted by Gasteiger charge is 2.60. The van der Waals surface area contributed by atoms with Crippen molar-refractivity contribution < 1.29 is 9.59 Å². The van der Waals surface area contributed by atoms with Gasteiger partial charge in [-0.05, 0) is 32.3 Å². The van der Waals surface area contributed by atoms with E-state index in [-0.39, 0.29) is 35.4 Å². The summed E-state index contributed by atoms with van der Waals surface area (Å²) < 4.78 is 0. The van der Waals surface area contributed by atoms with Gasteiger partial charge in [0.1, 0.15) is 11.5 Å². The second kappa shape index (κ2) is 5.78. The smallest absolute Gasteiger partial charge is 0.273 e. The van der Waals surface area contributed by atoms with E-state index in [0.29, 0.717) is 18.1 Å². The number of hydrogen-bond donors (Lipinski definition) is 0. The number of likely N-dealkylation sites (tertiary alicyclic amines) is 2. The topological polar surface area (TPSA) is 66.4 Å². The van der Waals surface area contributed by atoms with Gasteiger partial charge in [-0.2, -0.15) is 0 Å². The Morgan fingerprint density at radius 3 is 2.64 bits per heavy atom. The van der Waals surface area contributed by atoms with Crippen LogP contribution in [0.15, 0.2) is 12.3 Å². The van der Waals surface area contributed by atoms with Gasteiger partial charge >= 0.3 is 0 Å². The summed E-state index contributed by atoms with van der Waals surface area (Å²) in [6.07, 6.45) is 6.94. The molecule has 4 atom stereocenters. The van der Waals surface area contributed by atoms with Crippen molar-refractivity contribution >= 4 is 11.8 Å². The SMILES string of the molecule is CC(=O)N1C[C@@H]2C[C@@]3(C)[C@H](CCCC[C@@H]13)N2C(=O)c1ccnc(C)n1. The van der Waals surface area contributed by atoms with Crippen LogP contribution in [0.1, 0.15) is 62.3 Å². The lowest BCUT2D eigenvalue weighted by Crippen LogP contribution is -2.55. The summed E-state index contributed by atoms with van der Waals surface area (Å²) >= 11 is 0. The van der Waals surface area contributed by atoms with E-state index < -0.39 is 0 Å². The molecule has 134 valence electrons. The largest absolute Gasteiger partial charge is 0.337 e. The van der Waals surface area contributed by atoms with Gasteiger partial charge in [-0.1, -0.05) is 19.8 Å². The van der Waals surface area contributed by atoms with Crippen molar-refractivity contribution in [3.8, 4) is 0 Å². The van der Waals surface area contributed by atoms with Gasteiger partial charge in [-0.15, -0.1) is 0 Å². The lowest BCUT2D eigenvalue weighted by molar-refractivity contribution is -0.136. The first-order chi connectivity index (χ1) is 11.9. The molecule has 3 fully saturated rings. The van der Waals surface area contributed by atoms with Crippen molar-refractivity contribution in [2.24, 2.45) is 5.41 Å². The minimum atomic E-state index is -0.0111. The van der Waals surface area contributed by atoms with Crippen LogP contribution in [0.5, 0.6) is 0 Å². The Morgan fingerprint density at radius 1 is 1.24 bits per heavy atom. The summed E-state index contributed by atoms with van der Waals surface area (Å²) in [7, 11) is 0. The molecule has 1 saturated carbocycles. The maximum Gasteiger partial charge on any atom is 0.273 e. The maximum absolute atomic E-state index is 13.3. The zero-order chi connectivity index (χ0) is 17.8. The van der Waals surface area contributed by atoms with E-state index in [1.54, 1.807) is 26.1 Å². The average molecular weight is 342 g/mol. The van der Waals surface area contributed by atoms with Gasteiger partial charge in [-0.25, -0.2) is 9.97 Å². The van der Waals surface area contributed by atoms with Crippen LogP contribution in [0.3, 0.4) is 0 Å². The van der Waals surface area contributed by atoms with Gasteiger partial charge in [0, 0.05) is 37.2 Å². The summed E-state index contributed by atoms with van der Waals surface area (Å²) in [6.45, 7) is 6.41. The van der Waals surface area contributed by atoms with Crippen molar-refractivity contribution in [1.29, 1.82) is 0 Å². The van der Waals surface area contributed by atoms with E-state index in [1.165, 1.54) is 0 Å². The van der Waals surface area contributed by atoms with Gasteiger partial charge in [0.25, 0.3) is 5.91 Å². The summed E-state index contributed by atoms with van der Waals surface area (Å²) in [5, 5.41) is 0. The first-order valence-corrected chi connectivity index (χ1v) is 9.31. The van der Waals surface area contributed by atoms with Crippen LogP contribution < -0.4 is 0 Å². The molecule has 1 aromatic rings. The number of fused-ring (bicyclic) bond motifs is 1. The standard InChI is InChI=1S/C19H26N4O2/c1-12-20-9-8-15(21-12)18(25)23-14-10-19(3)16(22(11-14)13(2)24)6-4-5-7-17(19)23/h8-9,14,16-17H,4-7,10-11H2,1-3H3/t14-,16+,17-,19+/m0/s1. The summed E-state index contributed by atoms with van der Waals surface area (Å²) in [6, 6.07) is 2.24. The number of hydrogen-bond acceptors (Lipinski definition) is 4. The fourth-order valence-electron chi connectivity index (χ4n) is 5.53. The Kier molecular flexibility index (Phi) is 3.81. The Balaban J connectivity index is 1.74. The molecule has 3 aliphatic rings. The highest BCUT2D eigenvalue weighted by atomic mass is 16.2. The van der Waals surface area contributed by atoms with Crippen molar-refractivity contribution in [3.05, 3.63) is 23.8 Å². The molecule has 0 N–H and O–H groups in total. The van der Waals surface area contributed by atoms with Crippen molar-refractivity contribution in [2.45, 2.75) is 71.0 Å². The summed E-state index contributed by atoms with van der Waals surface area (Å²) in [5.74, 6) is 0.743. The minimum absolute atomic E-state index is 0.00437. The van der Waals surface area contributed by atoms with Gasteiger partial charge in [0.15, 0.2) is 0 Å². The van der Waals surface area contributed by atoms with Gasteiger partial charge in [-0.3, -0.25) is 9.59 Å². The monoisotopic (exact) mass is 342 g/mol. The van der Waals surface area contributed by atoms with E-state index in [2.05, 4.69) is 21.8 Å². The normalized spacial score (nSPS) is 34.0. The minimum Gasteiger partial charge on any atom is -0.337 e. The van der Waals surface area contributed by atoms with E-state index in [0.717, 1.165) is 32.1 Å². The van der Waals surface area contributed by atoms with E-state index in [4.69, 9.17) is 0 Å². The molecule has 2 aliphatic heterocycles. The number of rotatable bonds is 1. The Hall–Kier alpha value is -1.98. The molecule has 25 heavy (non-hydrogen) atoms. The van der Waals surface area contributed by atoms with E-state index >= 15 is 0 Å². The molecule has 2 amide bonds. The lowest BCUT2D eigenvalue weighted by atomic mass is 9.71. The van der Waals surface area contributed by atoms with E-state index in [1.807, 2.05) is 4.90 Å². The van der Waals surface area contributed by atoms with Gasteiger partial charge < -0.3 is 9.80 Å². The third-order valence-corrected chi connectivity index (χ3v) is 6.55. The van der Waals surface area contributed by atoms with Crippen LogP contribution >= 0.6 is 0 Å². The average Bonchev–Trinajstić information content (AvgIpc) is 2.68. The molecule has 1 aliphatic carbocycles. The number of carbonyl (C=O) groups excluding carboxylic acids is 2. The van der Waals surface area contributed by atoms with Crippen LogP contribution in [0, 0.1) is 12.3 Å². The number of amides is 2. The molecule has 0 spiro atoms. The molecule has 0 aromatic carbocycles. The van der Waals surface area contributed by atoms with Crippen LogP contribution in [-0.2, 0) is 4.79 Å². The van der Waals surface area contributed by atoms with Crippen molar-refractivity contribution in [3.63, 3.8) is 0 Å². The Morgan fingerprint density at radius 2 is 1.96 bits per heavy atom. The first-order valence-electron chi connectivity index (χ1n) is 9.31. The summed E-state index contributed by atoms with van der Waals surface area (Å²) in [4.78, 5) is 38.1. The lowest BCUT2D eigenvalue weighted by Gasteiger charge is -2.46. The number of aromatic nitrogens is 2. The number of carbonyl (C=O) groups is 2. The van der Waals surface area contributed by atoms with Gasteiger partial charge in [0.05, 0.1) is 6.04 Å². The molecule has 4 rings (SSSR count). The molecule has 3 heterocycles. The second-order valence-electron chi connectivity index (χ2n) is 8.05. The van der Waals surface area contributed by atoms with Crippen molar-refractivity contribution in [2.75, 3.05) is 6.54 Å². The Labute approximate surface area is 148 Å². The highest BCUT2D eigenvalue weighted by Crippen LogP contribution is 2.53. The predicted molar refractivity (Wildman–Crippen MR) is 92.9 cm³/mol. The molecular formula is C19H26N4O2. The fourth-order valence-corrected chi connectivity index (χ4v) is 5.53. The number of aryl methyl sites for hydroxylation is 1. The van der Waals surface area contributed by atoms with Crippen LogP contribution in [0.2, 0.25) is 0 Å². The zero-order valence-electron chi connectivity index (χ0n) is 15.2. The fraction of sp³-hybridized carbons (Fsp3) is 0.684. The van der Waals surface area contributed by atoms with Crippen molar-refractivity contribution in [1.82, 2.24) is 19.8 Å². The Bertz CT molecular complexity index is 721. The van der Waals surface area contributed by atoms with Gasteiger partial charge in [0.2, 0.25) is 5.91 Å². The maximum atomic E-state index is 13.3. The molecule has 6 heteroatoms.